The summed E-state index contributed by atoms with van der Waals surface area (Å²) in [7, 11) is 1.82. The zero-order valence-corrected chi connectivity index (χ0v) is 19.0. The van der Waals surface area contributed by atoms with E-state index in [2.05, 4.69) is 27.7 Å². The number of hydrogen-bond acceptors (Lipinski definition) is 4. The fourth-order valence-corrected chi connectivity index (χ4v) is 4.16. The summed E-state index contributed by atoms with van der Waals surface area (Å²) in [5.74, 6) is -0.357. The van der Waals surface area contributed by atoms with Crippen molar-refractivity contribution in [1.82, 2.24) is 15.5 Å². The molecule has 2 N–H and O–H groups in total. The van der Waals surface area contributed by atoms with Crippen LogP contribution in [0, 0.1) is 35.4 Å². The normalized spacial score (nSPS) is 11.4. The highest BCUT2D eigenvalue weighted by Crippen LogP contribution is 2.36. The predicted molar refractivity (Wildman–Crippen MR) is 128 cm³/mol. The van der Waals surface area contributed by atoms with Crippen LogP contribution in [0.1, 0.15) is 36.1 Å². The van der Waals surface area contributed by atoms with Gasteiger partial charge in [-0.2, -0.15) is 15.6 Å². The zero-order valence-electron chi connectivity index (χ0n) is 19.0. The number of aryl methyl sites for hydroxylation is 1. The van der Waals surface area contributed by atoms with Crippen LogP contribution in [0.25, 0.3) is 33.3 Å². The maximum absolute atomic E-state index is 15.2. The molecular weight excluding hydrogens is 413 g/mol. The van der Waals surface area contributed by atoms with Crippen molar-refractivity contribution in [3.8, 4) is 34.5 Å². The first-order valence-corrected chi connectivity index (χ1v) is 10.7. The summed E-state index contributed by atoms with van der Waals surface area (Å²) in [6.45, 7) is 6.17. The number of hydrogen-bond donors (Lipinski definition) is 2. The summed E-state index contributed by atoms with van der Waals surface area (Å²) in [6, 6.07) is 19.2. The molecule has 0 bridgehead atoms. The molecule has 0 spiro atoms. The highest BCUT2D eigenvalue weighted by molar-refractivity contribution is 5.97. The molecule has 1 aromatic heterocycles. The van der Waals surface area contributed by atoms with Crippen LogP contribution in [-0.2, 0) is 12.0 Å². The maximum atomic E-state index is 15.2. The highest BCUT2D eigenvalue weighted by atomic mass is 19.1. The molecule has 3 aromatic carbocycles. The minimum atomic E-state index is -0.588. The fraction of sp³-hybridized carbons (Fsp3) is 0.222. The van der Waals surface area contributed by atoms with E-state index in [4.69, 9.17) is 0 Å². The smallest absolute Gasteiger partial charge is 0.131 e. The van der Waals surface area contributed by atoms with Gasteiger partial charge in [0.05, 0.1) is 34.3 Å². The van der Waals surface area contributed by atoms with Gasteiger partial charge in [0, 0.05) is 28.6 Å². The minimum Gasteiger partial charge on any atom is -0.316 e. The van der Waals surface area contributed by atoms with Crippen LogP contribution in [-0.4, -0.2) is 17.2 Å². The molecule has 0 aliphatic heterocycles. The summed E-state index contributed by atoms with van der Waals surface area (Å²) in [4.78, 5) is 0. The lowest BCUT2D eigenvalue weighted by molar-refractivity contribution is 0.626. The molecule has 0 saturated carbocycles. The molecule has 4 rings (SSSR count). The third-order valence-electron chi connectivity index (χ3n) is 5.98. The van der Waals surface area contributed by atoms with Gasteiger partial charge in [0.15, 0.2) is 0 Å². The van der Waals surface area contributed by atoms with Gasteiger partial charge in [0.2, 0.25) is 0 Å². The average molecular weight is 438 g/mol. The number of fused-ring (bicyclic) bond motifs is 1. The standard InChI is InChI=1S/C27H24FN5/c1-16-9-17(14-31-4)10-23(28)25(16)21-12-22-24(11-19(21)13-29)32-33-26(22)18-5-7-20(8-6-18)27(2,3)15-30/h5-12,31H,14H2,1-4H3,(H,32,33). The van der Waals surface area contributed by atoms with Crippen molar-refractivity contribution in [2.75, 3.05) is 7.05 Å². The topological polar surface area (TPSA) is 88.3 Å². The van der Waals surface area contributed by atoms with Crippen molar-refractivity contribution < 1.29 is 4.39 Å². The number of halogens is 1. The first-order valence-electron chi connectivity index (χ1n) is 10.7. The second-order valence-corrected chi connectivity index (χ2v) is 8.74. The molecule has 0 fully saturated rings. The van der Waals surface area contributed by atoms with E-state index in [-0.39, 0.29) is 5.82 Å². The van der Waals surface area contributed by atoms with Crippen molar-refractivity contribution in [2.45, 2.75) is 32.7 Å². The largest absolute Gasteiger partial charge is 0.316 e. The summed E-state index contributed by atoms with van der Waals surface area (Å²) in [6.07, 6.45) is 0. The van der Waals surface area contributed by atoms with Crippen molar-refractivity contribution >= 4 is 10.9 Å². The maximum Gasteiger partial charge on any atom is 0.131 e. The van der Waals surface area contributed by atoms with Crippen LogP contribution < -0.4 is 5.32 Å². The monoisotopic (exact) mass is 437 g/mol. The second-order valence-electron chi connectivity index (χ2n) is 8.74. The van der Waals surface area contributed by atoms with E-state index in [1.54, 1.807) is 6.07 Å². The fourth-order valence-electron chi connectivity index (χ4n) is 4.16. The molecule has 0 radical (unpaired) electrons. The van der Waals surface area contributed by atoms with Crippen LogP contribution >= 0.6 is 0 Å². The third-order valence-corrected chi connectivity index (χ3v) is 5.98. The van der Waals surface area contributed by atoms with E-state index < -0.39 is 5.41 Å². The van der Waals surface area contributed by atoms with E-state index in [1.807, 2.05) is 64.2 Å². The molecule has 1 heterocycles. The molecule has 0 aliphatic carbocycles. The first kappa shape index (κ1) is 22.2. The number of H-pyrrole nitrogens is 1. The quantitative estimate of drug-likeness (QED) is 0.417. The Balaban J connectivity index is 1.87. The minimum absolute atomic E-state index is 0.357. The third kappa shape index (κ3) is 3.98. The molecule has 5 nitrogen and oxygen atoms in total. The molecule has 0 amide bonds. The Morgan fingerprint density at radius 2 is 1.82 bits per heavy atom. The molecule has 33 heavy (non-hydrogen) atoms. The second kappa shape index (κ2) is 8.50. The number of benzene rings is 3. The van der Waals surface area contributed by atoms with Crippen LogP contribution in [0.3, 0.4) is 0 Å². The van der Waals surface area contributed by atoms with Crippen molar-refractivity contribution in [3.63, 3.8) is 0 Å². The van der Waals surface area contributed by atoms with E-state index in [0.717, 1.165) is 27.6 Å². The SMILES string of the molecule is CNCc1cc(C)c(-c2cc3c(-c4ccc(C(C)(C)C#N)cc4)n[nH]c3cc2C#N)c(F)c1. The lowest BCUT2D eigenvalue weighted by atomic mass is 9.85. The van der Waals surface area contributed by atoms with Crippen LogP contribution in [0.15, 0.2) is 48.5 Å². The van der Waals surface area contributed by atoms with Gasteiger partial charge in [-0.05, 0) is 62.7 Å². The van der Waals surface area contributed by atoms with Gasteiger partial charge >= 0.3 is 0 Å². The van der Waals surface area contributed by atoms with E-state index in [1.165, 1.54) is 6.07 Å². The van der Waals surface area contributed by atoms with Gasteiger partial charge in [0.25, 0.3) is 0 Å². The molecule has 0 atom stereocenters. The van der Waals surface area contributed by atoms with Crippen LogP contribution in [0.4, 0.5) is 4.39 Å². The number of aromatic nitrogens is 2. The van der Waals surface area contributed by atoms with Crippen molar-refractivity contribution in [2.24, 2.45) is 0 Å². The zero-order chi connectivity index (χ0) is 23.8. The van der Waals surface area contributed by atoms with E-state index >= 15 is 4.39 Å². The molecule has 0 saturated heterocycles. The van der Waals surface area contributed by atoms with Gasteiger partial charge < -0.3 is 5.32 Å². The summed E-state index contributed by atoms with van der Waals surface area (Å²) in [5, 5.41) is 30.5. The van der Waals surface area contributed by atoms with Gasteiger partial charge in [-0.25, -0.2) is 4.39 Å². The number of nitrogens with zero attached hydrogens (tertiary/aromatic N) is 3. The number of aromatic amines is 1. The average Bonchev–Trinajstić information content (AvgIpc) is 3.21. The van der Waals surface area contributed by atoms with Gasteiger partial charge in [-0.3, -0.25) is 5.10 Å². The summed E-state index contributed by atoms with van der Waals surface area (Å²) in [5.41, 5.74) is 5.58. The summed E-state index contributed by atoms with van der Waals surface area (Å²) < 4.78 is 15.2. The van der Waals surface area contributed by atoms with Gasteiger partial charge in [0.1, 0.15) is 5.82 Å². The van der Waals surface area contributed by atoms with Gasteiger partial charge in [-0.1, -0.05) is 30.3 Å². The Labute approximate surface area is 192 Å². The Hall–Kier alpha value is -4.00. The highest BCUT2D eigenvalue weighted by Gasteiger charge is 2.21. The Bertz CT molecular complexity index is 1410. The van der Waals surface area contributed by atoms with Crippen LogP contribution in [0.2, 0.25) is 0 Å². The van der Waals surface area contributed by atoms with Crippen molar-refractivity contribution in [3.05, 3.63) is 76.6 Å². The number of nitrogens with one attached hydrogen (secondary N) is 2. The molecule has 6 heteroatoms. The van der Waals surface area contributed by atoms with Crippen molar-refractivity contribution in [1.29, 1.82) is 10.5 Å². The molecule has 0 unspecified atom stereocenters. The lowest BCUT2D eigenvalue weighted by Gasteiger charge is -2.15. The Kier molecular flexibility index (Phi) is 5.72. The number of rotatable bonds is 5. The number of nitriles is 2. The van der Waals surface area contributed by atoms with E-state index in [9.17, 15) is 10.5 Å². The lowest BCUT2D eigenvalue weighted by Crippen LogP contribution is -2.13. The Morgan fingerprint density at radius 3 is 2.42 bits per heavy atom. The predicted octanol–water partition coefficient (Wildman–Crippen LogP) is 5.74. The summed E-state index contributed by atoms with van der Waals surface area (Å²) >= 11 is 0. The van der Waals surface area contributed by atoms with Crippen LogP contribution in [0.5, 0.6) is 0 Å². The molecular formula is C27H24FN5. The van der Waals surface area contributed by atoms with Gasteiger partial charge in [-0.15, -0.1) is 0 Å². The molecule has 4 aromatic rings. The Morgan fingerprint density at radius 1 is 1.09 bits per heavy atom. The molecule has 164 valence electrons. The van der Waals surface area contributed by atoms with E-state index in [0.29, 0.717) is 34.4 Å². The molecule has 0 aliphatic rings. The first-order chi connectivity index (χ1) is 15.8.